The molecule has 1 saturated heterocycles. The highest BCUT2D eigenvalue weighted by molar-refractivity contribution is 5.92. The van der Waals surface area contributed by atoms with Crippen molar-refractivity contribution in [3.05, 3.63) is 54.1 Å². The van der Waals surface area contributed by atoms with Crippen molar-refractivity contribution in [3.63, 3.8) is 0 Å². The molecule has 7 heteroatoms. The van der Waals surface area contributed by atoms with Gasteiger partial charge in [0, 0.05) is 25.5 Å². The smallest absolute Gasteiger partial charge is 0.321 e. The third-order valence-electron chi connectivity index (χ3n) is 4.42. The summed E-state index contributed by atoms with van der Waals surface area (Å²) < 4.78 is 0. The van der Waals surface area contributed by atoms with E-state index in [1.165, 1.54) is 17.8 Å². The fourth-order valence-corrected chi connectivity index (χ4v) is 3.01. The fraction of sp³-hybridized carbons (Fsp3) is 0.333. The van der Waals surface area contributed by atoms with Gasteiger partial charge in [-0.1, -0.05) is 6.07 Å². The maximum Gasteiger partial charge on any atom is 0.321 e. The Balaban J connectivity index is 1.49. The molecule has 25 heavy (non-hydrogen) atoms. The number of nitrogens with one attached hydrogen (secondary N) is 1. The van der Waals surface area contributed by atoms with Crippen LogP contribution in [0.3, 0.4) is 0 Å². The summed E-state index contributed by atoms with van der Waals surface area (Å²) in [5, 5.41) is 2.80. The van der Waals surface area contributed by atoms with Crippen LogP contribution >= 0.6 is 0 Å². The number of aromatic nitrogens is 2. The zero-order valence-corrected chi connectivity index (χ0v) is 13.9. The van der Waals surface area contributed by atoms with E-state index in [-0.39, 0.29) is 11.7 Å². The number of nitrogens with zero attached hydrogens (tertiary/aromatic N) is 3. The first kappa shape index (κ1) is 16.9. The Morgan fingerprint density at radius 3 is 2.60 bits per heavy atom. The molecule has 1 aliphatic rings. The van der Waals surface area contributed by atoms with Gasteiger partial charge in [-0.2, -0.15) is 0 Å². The van der Waals surface area contributed by atoms with Crippen LogP contribution in [0.4, 0.5) is 10.5 Å². The summed E-state index contributed by atoms with van der Waals surface area (Å²) in [7, 11) is 0. The van der Waals surface area contributed by atoms with E-state index in [0.717, 1.165) is 32.4 Å². The molecule has 0 aromatic carbocycles. The van der Waals surface area contributed by atoms with Crippen molar-refractivity contribution in [3.8, 4) is 0 Å². The van der Waals surface area contributed by atoms with Crippen LogP contribution in [0, 0.1) is 5.92 Å². The predicted octanol–water partition coefficient (Wildman–Crippen LogP) is 2.06. The summed E-state index contributed by atoms with van der Waals surface area (Å²) in [6.45, 7) is 1.45. The number of urea groups is 1. The number of likely N-dealkylation sites (tertiary alicyclic amines) is 1. The molecule has 3 amide bonds. The van der Waals surface area contributed by atoms with Crippen molar-refractivity contribution in [2.75, 3.05) is 18.4 Å². The highest BCUT2D eigenvalue weighted by Gasteiger charge is 2.23. The Hall–Kier alpha value is -2.96. The van der Waals surface area contributed by atoms with Crippen LogP contribution in [0.15, 0.2) is 42.9 Å². The zero-order chi connectivity index (χ0) is 17.6. The molecule has 1 aliphatic heterocycles. The number of piperidine rings is 1. The molecule has 0 unspecified atom stereocenters. The molecule has 2 aromatic heterocycles. The Labute approximate surface area is 146 Å². The van der Waals surface area contributed by atoms with Crippen molar-refractivity contribution in [1.82, 2.24) is 14.9 Å². The van der Waals surface area contributed by atoms with Gasteiger partial charge >= 0.3 is 6.03 Å². The quantitative estimate of drug-likeness (QED) is 0.890. The Morgan fingerprint density at radius 1 is 1.20 bits per heavy atom. The van der Waals surface area contributed by atoms with Gasteiger partial charge in [-0.05, 0) is 48.9 Å². The minimum absolute atomic E-state index is 0.145. The molecular weight excluding hydrogens is 318 g/mol. The van der Waals surface area contributed by atoms with Crippen molar-refractivity contribution >= 4 is 17.6 Å². The monoisotopic (exact) mass is 339 g/mol. The Kier molecular flexibility index (Phi) is 5.23. The van der Waals surface area contributed by atoms with Gasteiger partial charge in [0.25, 0.3) is 5.91 Å². The van der Waals surface area contributed by atoms with E-state index in [0.29, 0.717) is 11.6 Å². The first-order valence-corrected chi connectivity index (χ1v) is 8.32. The summed E-state index contributed by atoms with van der Waals surface area (Å²) in [4.78, 5) is 33.2. The van der Waals surface area contributed by atoms with Crippen LogP contribution in [0.2, 0.25) is 0 Å². The van der Waals surface area contributed by atoms with Gasteiger partial charge in [0.15, 0.2) is 0 Å². The van der Waals surface area contributed by atoms with Crippen LogP contribution in [0.5, 0.6) is 0 Å². The Bertz CT molecular complexity index is 725. The van der Waals surface area contributed by atoms with Crippen LogP contribution < -0.4 is 11.1 Å². The highest BCUT2D eigenvalue weighted by Crippen LogP contribution is 2.22. The number of hydrogen-bond donors (Lipinski definition) is 2. The molecule has 3 N–H and O–H groups in total. The molecule has 0 atom stereocenters. The largest absolute Gasteiger partial charge is 0.364 e. The first-order valence-electron chi connectivity index (χ1n) is 8.32. The number of rotatable bonds is 4. The lowest BCUT2D eigenvalue weighted by Gasteiger charge is -2.32. The summed E-state index contributed by atoms with van der Waals surface area (Å²) in [5.41, 5.74) is 7.11. The second kappa shape index (κ2) is 7.74. The fourth-order valence-electron chi connectivity index (χ4n) is 3.01. The molecule has 1 fully saturated rings. The van der Waals surface area contributed by atoms with E-state index < -0.39 is 5.91 Å². The summed E-state index contributed by atoms with van der Waals surface area (Å²) in [5.74, 6) is -0.0154. The number of carbonyl (C=O) groups excluding carboxylic acids is 2. The van der Waals surface area contributed by atoms with Crippen LogP contribution in [-0.2, 0) is 6.42 Å². The maximum absolute atomic E-state index is 12.3. The third kappa shape index (κ3) is 4.53. The second-order valence-corrected chi connectivity index (χ2v) is 6.22. The number of nitrogens with two attached hydrogens (primary N) is 1. The minimum Gasteiger partial charge on any atom is -0.364 e. The number of pyridine rings is 2. The molecule has 3 rings (SSSR count). The second-order valence-electron chi connectivity index (χ2n) is 6.22. The third-order valence-corrected chi connectivity index (χ3v) is 4.42. The number of primary amides is 1. The van der Waals surface area contributed by atoms with Crippen LogP contribution in [0.25, 0.3) is 0 Å². The van der Waals surface area contributed by atoms with Crippen molar-refractivity contribution in [1.29, 1.82) is 0 Å². The minimum atomic E-state index is -0.589. The van der Waals surface area contributed by atoms with E-state index in [1.807, 2.05) is 17.2 Å². The van der Waals surface area contributed by atoms with Gasteiger partial charge in [-0.25, -0.2) is 9.78 Å². The van der Waals surface area contributed by atoms with Gasteiger partial charge in [0.05, 0.1) is 11.9 Å². The molecule has 0 saturated carbocycles. The van der Waals surface area contributed by atoms with E-state index in [1.54, 1.807) is 12.3 Å². The lowest BCUT2D eigenvalue weighted by atomic mass is 9.91. The van der Waals surface area contributed by atoms with Gasteiger partial charge < -0.3 is 16.0 Å². The average Bonchev–Trinajstić information content (AvgIpc) is 2.63. The zero-order valence-electron chi connectivity index (χ0n) is 13.9. The SMILES string of the molecule is NC(=O)c1ccc(NC(=O)N2CCC(Cc3cccnc3)CC2)cn1. The van der Waals surface area contributed by atoms with Gasteiger partial charge in [0.2, 0.25) is 0 Å². The molecule has 130 valence electrons. The predicted molar refractivity (Wildman–Crippen MR) is 94.0 cm³/mol. The summed E-state index contributed by atoms with van der Waals surface area (Å²) in [6, 6.07) is 7.02. The molecule has 0 aliphatic carbocycles. The van der Waals surface area contributed by atoms with Crippen molar-refractivity contribution < 1.29 is 9.59 Å². The highest BCUT2D eigenvalue weighted by atomic mass is 16.2. The molecule has 0 bridgehead atoms. The van der Waals surface area contributed by atoms with Gasteiger partial charge in [-0.3, -0.25) is 9.78 Å². The van der Waals surface area contributed by atoms with E-state index in [4.69, 9.17) is 5.73 Å². The van der Waals surface area contributed by atoms with Gasteiger partial charge in [0.1, 0.15) is 5.69 Å². The summed E-state index contributed by atoms with van der Waals surface area (Å²) in [6.07, 6.45) is 8.07. The number of hydrogen-bond acceptors (Lipinski definition) is 4. The molecular formula is C18H21N5O2. The topological polar surface area (TPSA) is 101 Å². The Morgan fingerprint density at radius 2 is 2.00 bits per heavy atom. The molecule has 0 radical (unpaired) electrons. The van der Waals surface area contributed by atoms with Gasteiger partial charge in [-0.15, -0.1) is 0 Å². The average molecular weight is 339 g/mol. The first-order chi connectivity index (χ1) is 12.1. The standard InChI is InChI=1S/C18H21N5O2/c19-17(24)16-4-3-15(12-21-16)22-18(25)23-8-5-13(6-9-23)10-14-2-1-7-20-11-14/h1-4,7,11-13H,5-6,8-10H2,(H2,19,24)(H,22,25). The lowest BCUT2D eigenvalue weighted by Crippen LogP contribution is -2.41. The van der Waals surface area contributed by atoms with Crippen molar-refractivity contribution in [2.45, 2.75) is 19.3 Å². The lowest BCUT2D eigenvalue weighted by molar-refractivity contribution is 0.0995. The maximum atomic E-state index is 12.3. The number of amides is 3. The van der Waals surface area contributed by atoms with E-state index in [2.05, 4.69) is 21.4 Å². The number of carbonyl (C=O) groups is 2. The molecule has 7 nitrogen and oxygen atoms in total. The number of anilines is 1. The van der Waals surface area contributed by atoms with Crippen LogP contribution in [0.1, 0.15) is 28.9 Å². The molecule has 2 aromatic rings. The molecule has 3 heterocycles. The normalized spacial score (nSPS) is 15.0. The van der Waals surface area contributed by atoms with E-state index >= 15 is 0 Å². The van der Waals surface area contributed by atoms with E-state index in [9.17, 15) is 9.59 Å². The summed E-state index contributed by atoms with van der Waals surface area (Å²) >= 11 is 0. The van der Waals surface area contributed by atoms with Crippen LogP contribution in [-0.4, -0.2) is 39.9 Å². The van der Waals surface area contributed by atoms with Crippen molar-refractivity contribution in [2.24, 2.45) is 11.7 Å². The molecule has 0 spiro atoms.